The Labute approximate surface area is 240 Å². The minimum Gasteiger partial charge on any atom is -0.338 e. The Morgan fingerprint density at radius 2 is 1.57 bits per heavy atom. The molecule has 0 radical (unpaired) electrons. The zero-order valence-corrected chi connectivity index (χ0v) is 23.8. The van der Waals surface area contributed by atoms with Crippen LogP contribution in [0.3, 0.4) is 0 Å². The van der Waals surface area contributed by atoms with E-state index in [9.17, 15) is 14.4 Å². The first-order chi connectivity index (χ1) is 19.5. The number of thioether (sulfide) groups is 1. The molecule has 1 fully saturated rings. The second-order valence-corrected chi connectivity index (χ2v) is 11.0. The van der Waals surface area contributed by atoms with Gasteiger partial charge in [0.1, 0.15) is 6.04 Å². The number of likely N-dealkylation sites (N-methyl/N-ethyl adjacent to an activating group) is 1. The fraction of sp³-hybridized carbons (Fsp3) is 0.355. The normalized spacial score (nSPS) is 14.4. The van der Waals surface area contributed by atoms with Crippen molar-refractivity contribution in [2.45, 2.75) is 18.9 Å². The second kappa shape index (κ2) is 15.2. The van der Waals surface area contributed by atoms with Gasteiger partial charge in [0.2, 0.25) is 11.0 Å². The number of pyridine rings is 1. The van der Waals surface area contributed by atoms with Gasteiger partial charge in [0, 0.05) is 69.4 Å². The van der Waals surface area contributed by atoms with Crippen LogP contribution in [0.15, 0.2) is 85.2 Å². The molecule has 4 rings (SSSR count). The molecule has 3 aromatic rings. The van der Waals surface area contributed by atoms with Gasteiger partial charge in [-0.3, -0.25) is 14.6 Å². The van der Waals surface area contributed by atoms with Gasteiger partial charge in [-0.1, -0.05) is 72.4 Å². The largest absolute Gasteiger partial charge is 0.338 e. The van der Waals surface area contributed by atoms with E-state index in [1.165, 1.54) is 11.8 Å². The number of amides is 3. The fourth-order valence-corrected chi connectivity index (χ4v) is 5.36. The van der Waals surface area contributed by atoms with Crippen molar-refractivity contribution in [3.63, 3.8) is 0 Å². The van der Waals surface area contributed by atoms with Crippen molar-refractivity contribution in [1.82, 2.24) is 25.0 Å². The molecular weight excluding hydrogens is 522 g/mol. The monoisotopic (exact) mass is 559 g/mol. The van der Waals surface area contributed by atoms with Crippen LogP contribution in [-0.2, 0) is 17.6 Å². The molecular formula is C31H37N5O3S. The van der Waals surface area contributed by atoms with Crippen molar-refractivity contribution < 1.29 is 14.4 Å². The van der Waals surface area contributed by atoms with Crippen LogP contribution in [0, 0.1) is 0 Å². The van der Waals surface area contributed by atoms with Gasteiger partial charge in [0.25, 0.3) is 0 Å². The maximum atomic E-state index is 13.7. The summed E-state index contributed by atoms with van der Waals surface area (Å²) in [5.74, 6) is 0.376. The number of hydrogen-bond donors (Lipinski definition) is 1. The summed E-state index contributed by atoms with van der Waals surface area (Å²) < 4.78 is 0. The highest BCUT2D eigenvalue weighted by molar-refractivity contribution is 8.14. The van der Waals surface area contributed by atoms with Gasteiger partial charge in [0.05, 0.1) is 0 Å². The number of piperazine rings is 1. The van der Waals surface area contributed by atoms with Crippen LogP contribution in [0.1, 0.15) is 21.5 Å². The molecule has 0 bridgehead atoms. The van der Waals surface area contributed by atoms with Gasteiger partial charge < -0.3 is 20.0 Å². The molecule has 1 saturated heterocycles. The molecule has 0 saturated carbocycles. The zero-order valence-electron chi connectivity index (χ0n) is 22.9. The summed E-state index contributed by atoms with van der Waals surface area (Å²) >= 11 is 1.17. The van der Waals surface area contributed by atoms with Crippen molar-refractivity contribution in [1.29, 1.82) is 0 Å². The minimum absolute atomic E-state index is 0.0607. The highest BCUT2D eigenvalue weighted by atomic mass is 32.2. The lowest BCUT2D eigenvalue weighted by atomic mass is 10.0. The lowest BCUT2D eigenvalue weighted by Gasteiger charge is -2.35. The van der Waals surface area contributed by atoms with E-state index in [1.807, 2.05) is 72.6 Å². The first kappa shape index (κ1) is 29.3. The van der Waals surface area contributed by atoms with E-state index >= 15 is 0 Å². The average molecular weight is 560 g/mol. The molecule has 0 aliphatic carbocycles. The highest BCUT2D eigenvalue weighted by Gasteiger charge is 2.29. The number of benzene rings is 2. The van der Waals surface area contributed by atoms with Crippen molar-refractivity contribution in [3.05, 3.63) is 102 Å². The number of hydrogen-bond acceptors (Lipinski definition) is 6. The lowest BCUT2D eigenvalue weighted by Crippen LogP contribution is -2.57. The second-order valence-electron chi connectivity index (χ2n) is 9.92. The quantitative estimate of drug-likeness (QED) is 0.387. The number of nitrogens with one attached hydrogen (secondary N) is 1. The third kappa shape index (κ3) is 8.93. The summed E-state index contributed by atoms with van der Waals surface area (Å²) in [7, 11) is 2.05. The third-order valence-corrected chi connectivity index (χ3v) is 7.87. The molecule has 1 aliphatic heterocycles. The van der Waals surface area contributed by atoms with E-state index in [-0.39, 0.29) is 17.1 Å². The van der Waals surface area contributed by atoms with Crippen LogP contribution in [-0.4, -0.2) is 94.8 Å². The molecule has 1 unspecified atom stereocenters. The molecule has 0 spiro atoms. The molecule has 1 aromatic heterocycles. The van der Waals surface area contributed by atoms with Gasteiger partial charge in [-0.05, 0) is 36.7 Å². The first-order valence-corrected chi connectivity index (χ1v) is 14.7. The van der Waals surface area contributed by atoms with Crippen LogP contribution in [0.25, 0.3) is 0 Å². The number of nitrogens with zero attached hydrogens (tertiary/aromatic N) is 4. The van der Waals surface area contributed by atoms with E-state index in [0.29, 0.717) is 50.3 Å². The van der Waals surface area contributed by atoms with Gasteiger partial charge in [0.15, 0.2) is 0 Å². The summed E-state index contributed by atoms with van der Waals surface area (Å²) in [6.07, 6.45) is 4.27. The Bertz CT molecular complexity index is 1220. The van der Waals surface area contributed by atoms with E-state index in [4.69, 9.17) is 0 Å². The Balaban J connectivity index is 1.45. The Kier molecular flexibility index (Phi) is 11.1. The zero-order chi connectivity index (χ0) is 28.2. The van der Waals surface area contributed by atoms with E-state index in [1.54, 1.807) is 29.4 Å². The van der Waals surface area contributed by atoms with Crippen molar-refractivity contribution in [2.75, 3.05) is 52.1 Å². The standard InChI is InChI=1S/C31H37N5O3S/c1-34-17-19-35(20-18-34)29(37)28(23-26-11-6-3-7-12-26)33-31(39)36(16-14-25-9-4-2-5-10-25)21-22-40-30(38)27-13-8-15-32-24-27/h2-13,15,24,28H,14,16-23H2,1H3,(H,33,39). The molecule has 40 heavy (non-hydrogen) atoms. The summed E-state index contributed by atoms with van der Waals surface area (Å²) in [5.41, 5.74) is 2.64. The van der Waals surface area contributed by atoms with Crippen LogP contribution in [0.5, 0.6) is 0 Å². The lowest BCUT2D eigenvalue weighted by molar-refractivity contribution is -0.134. The highest BCUT2D eigenvalue weighted by Crippen LogP contribution is 2.13. The van der Waals surface area contributed by atoms with Crippen LogP contribution in [0.2, 0.25) is 0 Å². The van der Waals surface area contributed by atoms with Crippen molar-refractivity contribution in [2.24, 2.45) is 0 Å². The summed E-state index contributed by atoms with van der Waals surface area (Å²) in [5, 5.41) is 2.98. The number of carbonyl (C=O) groups excluding carboxylic acids is 3. The molecule has 1 atom stereocenters. The molecule has 210 valence electrons. The molecule has 3 amide bonds. The fourth-order valence-electron chi connectivity index (χ4n) is 4.58. The summed E-state index contributed by atoms with van der Waals surface area (Å²) in [4.78, 5) is 49.7. The molecule has 2 heterocycles. The average Bonchev–Trinajstić information content (AvgIpc) is 3.00. The maximum absolute atomic E-state index is 13.7. The van der Waals surface area contributed by atoms with Gasteiger partial charge in [-0.2, -0.15) is 0 Å². The van der Waals surface area contributed by atoms with Crippen LogP contribution in [0.4, 0.5) is 4.79 Å². The van der Waals surface area contributed by atoms with Crippen LogP contribution >= 0.6 is 11.8 Å². The Morgan fingerprint density at radius 1 is 0.900 bits per heavy atom. The number of carbonyl (C=O) groups is 3. The van der Waals surface area contributed by atoms with Crippen molar-refractivity contribution >= 4 is 28.8 Å². The van der Waals surface area contributed by atoms with Crippen molar-refractivity contribution in [3.8, 4) is 0 Å². The van der Waals surface area contributed by atoms with Gasteiger partial charge in [-0.25, -0.2) is 4.79 Å². The van der Waals surface area contributed by atoms with Gasteiger partial charge >= 0.3 is 6.03 Å². The van der Waals surface area contributed by atoms with E-state index < -0.39 is 6.04 Å². The first-order valence-electron chi connectivity index (χ1n) is 13.7. The van der Waals surface area contributed by atoms with Gasteiger partial charge in [-0.15, -0.1) is 0 Å². The maximum Gasteiger partial charge on any atom is 0.318 e. The molecule has 9 heteroatoms. The number of aromatic nitrogens is 1. The summed E-state index contributed by atoms with van der Waals surface area (Å²) in [6, 6.07) is 22.3. The molecule has 8 nitrogen and oxygen atoms in total. The minimum atomic E-state index is -0.679. The third-order valence-electron chi connectivity index (χ3n) is 6.99. The van der Waals surface area contributed by atoms with E-state index in [0.717, 1.165) is 24.2 Å². The molecule has 2 aromatic carbocycles. The molecule has 1 N–H and O–H groups in total. The Hall–Kier alpha value is -3.69. The van der Waals surface area contributed by atoms with Crippen LogP contribution < -0.4 is 5.32 Å². The summed E-state index contributed by atoms with van der Waals surface area (Å²) in [6.45, 7) is 3.74. The SMILES string of the molecule is CN1CCN(C(=O)C(Cc2ccccc2)NC(=O)N(CCSC(=O)c2cccnc2)CCc2ccccc2)CC1. The number of rotatable bonds is 11. The smallest absolute Gasteiger partial charge is 0.318 e. The topological polar surface area (TPSA) is 85.9 Å². The van der Waals surface area contributed by atoms with E-state index in [2.05, 4.69) is 15.2 Å². The predicted octanol–water partition coefficient (Wildman–Crippen LogP) is 3.59. The number of urea groups is 1. The Morgan fingerprint density at radius 3 is 2.23 bits per heavy atom. The predicted molar refractivity (Wildman–Crippen MR) is 159 cm³/mol. The molecule has 1 aliphatic rings.